The van der Waals surface area contributed by atoms with Gasteiger partial charge >= 0.3 is 0 Å². The van der Waals surface area contributed by atoms with E-state index in [1.807, 2.05) is 0 Å². The van der Waals surface area contributed by atoms with E-state index in [-0.39, 0.29) is 0 Å². The van der Waals surface area contributed by atoms with Crippen LogP contribution in [0.1, 0.15) is 22.3 Å². The minimum Gasteiger partial charge on any atom is -0.309 e. The van der Waals surface area contributed by atoms with Crippen molar-refractivity contribution in [3.63, 3.8) is 0 Å². The Hall–Kier alpha value is -9.50. The summed E-state index contributed by atoms with van der Waals surface area (Å²) in [5.74, 6) is 0. The summed E-state index contributed by atoms with van der Waals surface area (Å²) in [6.45, 7) is 0. The first kappa shape index (κ1) is 41.3. The Morgan fingerprint density at radius 2 is 0.822 bits per heavy atom. The second-order valence-corrected chi connectivity index (χ2v) is 19.5. The molecule has 2 heteroatoms. The Balaban J connectivity index is 0.898. The first-order valence-corrected chi connectivity index (χ1v) is 25.3. The van der Waals surface area contributed by atoms with Gasteiger partial charge in [0.15, 0.2) is 0 Å². The number of fused-ring (bicyclic) bond motifs is 13. The van der Waals surface area contributed by atoms with Crippen molar-refractivity contribution in [2.45, 2.75) is 5.41 Å². The summed E-state index contributed by atoms with van der Waals surface area (Å²) in [6.07, 6.45) is 0. The molecule has 0 saturated carbocycles. The van der Waals surface area contributed by atoms with Crippen LogP contribution >= 0.6 is 0 Å². The van der Waals surface area contributed by atoms with Gasteiger partial charge in [-0.2, -0.15) is 0 Å². The Morgan fingerprint density at radius 3 is 1.63 bits per heavy atom. The van der Waals surface area contributed by atoms with E-state index in [9.17, 15) is 0 Å². The lowest BCUT2D eigenvalue weighted by atomic mass is 9.65. The van der Waals surface area contributed by atoms with Crippen molar-refractivity contribution >= 4 is 49.6 Å². The molecule has 340 valence electrons. The molecule has 0 amide bonds. The number of hydrogen-bond donors (Lipinski definition) is 0. The number of hydrogen-bond acceptors (Lipinski definition) is 1. The Bertz CT molecular complexity index is 4330. The fraction of sp³-hybridized carbons (Fsp3) is 0.0141. The minimum atomic E-state index is -0.508. The second kappa shape index (κ2) is 16.3. The molecule has 0 fully saturated rings. The molecule has 73 heavy (non-hydrogen) atoms. The summed E-state index contributed by atoms with van der Waals surface area (Å²) in [4.78, 5) is 2.46. The molecule has 1 aromatic heterocycles. The van der Waals surface area contributed by atoms with E-state index >= 15 is 0 Å². The SMILES string of the molecule is c1ccc(-c2ccccc2-c2ccccc2N(c2ccc3cc(-c4ccc5c(c4)C4(c6ccccc6-5)c5ccccc5-n5c6ccccc6c6cccc4c65)ccc3c2)c2ccccc2-c2ccccc2)cc1. The van der Waals surface area contributed by atoms with E-state index in [4.69, 9.17) is 0 Å². The Labute approximate surface area is 425 Å². The third kappa shape index (κ3) is 6.11. The number of rotatable bonds is 7. The van der Waals surface area contributed by atoms with Crippen molar-refractivity contribution in [2.75, 3.05) is 4.90 Å². The van der Waals surface area contributed by atoms with Crippen LogP contribution in [-0.4, -0.2) is 4.57 Å². The van der Waals surface area contributed by atoms with Gasteiger partial charge in [-0.1, -0.05) is 231 Å². The quantitative estimate of drug-likeness (QED) is 0.155. The first-order valence-electron chi connectivity index (χ1n) is 25.3. The van der Waals surface area contributed by atoms with Gasteiger partial charge in [0.05, 0.1) is 33.5 Å². The molecule has 1 aliphatic carbocycles. The van der Waals surface area contributed by atoms with Gasteiger partial charge in [0.1, 0.15) is 0 Å². The zero-order valence-electron chi connectivity index (χ0n) is 40.0. The number of nitrogens with zero attached hydrogens (tertiary/aromatic N) is 2. The van der Waals surface area contributed by atoms with E-state index in [2.05, 4.69) is 289 Å². The van der Waals surface area contributed by atoms with E-state index in [0.29, 0.717) is 0 Å². The van der Waals surface area contributed by atoms with Gasteiger partial charge in [-0.25, -0.2) is 0 Å². The Kier molecular flexibility index (Phi) is 9.21. The van der Waals surface area contributed by atoms with Gasteiger partial charge in [0.2, 0.25) is 0 Å². The molecule has 0 saturated heterocycles. The van der Waals surface area contributed by atoms with Crippen molar-refractivity contribution in [3.05, 3.63) is 301 Å². The molecule has 1 atom stereocenters. The van der Waals surface area contributed by atoms with Crippen LogP contribution < -0.4 is 4.90 Å². The van der Waals surface area contributed by atoms with Gasteiger partial charge in [0.25, 0.3) is 0 Å². The number of aromatic nitrogens is 1. The maximum absolute atomic E-state index is 2.52. The lowest BCUT2D eigenvalue weighted by Gasteiger charge is -2.39. The van der Waals surface area contributed by atoms with Crippen molar-refractivity contribution in [1.29, 1.82) is 0 Å². The van der Waals surface area contributed by atoms with E-state index < -0.39 is 5.41 Å². The third-order valence-corrected chi connectivity index (χ3v) is 15.8. The van der Waals surface area contributed by atoms with Crippen LogP contribution in [0.25, 0.3) is 93.9 Å². The fourth-order valence-corrected chi connectivity index (χ4v) is 12.7. The van der Waals surface area contributed by atoms with Crippen molar-refractivity contribution in [3.8, 4) is 61.3 Å². The van der Waals surface area contributed by atoms with Gasteiger partial charge in [0, 0.05) is 27.6 Å². The maximum Gasteiger partial charge on any atom is 0.0754 e. The highest BCUT2D eigenvalue weighted by Gasteiger charge is 2.50. The van der Waals surface area contributed by atoms with Gasteiger partial charge in [-0.05, 0) is 126 Å². The van der Waals surface area contributed by atoms with E-state index in [0.717, 1.165) is 22.6 Å². The van der Waals surface area contributed by atoms with Crippen LogP contribution in [0.2, 0.25) is 0 Å². The molecule has 13 aromatic rings. The van der Waals surface area contributed by atoms with Crippen LogP contribution in [0.5, 0.6) is 0 Å². The highest BCUT2D eigenvalue weighted by molar-refractivity contribution is 6.13. The van der Waals surface area contributed by atoms with E-state index in [1.54, 1.807) is 0 Å². The van der Waals surface area contributed by atoms with Gasteiger partial charge < -0.3 is 9.47 Å². The Morgan fingerprint density at radius 1 is 0.288 bits per heavy atom. The molecule has 2 nitrogen and oxygen atoms in total. The predicted octanol–water partition coefficient (Wildman–Crippen LogP) is 18.8. The molecular weight excluding hydrogens is 881 g/mol. The number of para-hydroxylation sites is 5. The van der Waals surface area contributed by atoms with Crippen LogP contribution in [0, 0.1) is 0 Å². The summed E-state index contributed by atoms with van der Waals surface area (Å²) >= 11 is 0. The second-order valence-electron chi connectivity index (χ2n) is 19.5. The standard InChI is InChI=1S/C71H46N2/c1-3-20-47(21-4-1)54-24-7-8-26-56(54)59-28-11-16-35-67(59)72(66-34-15-10-25-55(66)48-22-5-2-6-23-48)53-42-40-50-44-49(38-39-51(50)45-53)52-41-43-58-57-27-9-13-31-62(57)71(65(58)46-52)63-32-14-18-37-69(63)73-68-36-17-12-29-60(68)61-30-19-33-64(71)70(61)73/h1-46H. The highest BCUT2D eigenvalue weighted by atomic mass is 15.1. The molecule has 1 spiro atoms. The van der Waals surface area contributed by atoms with Gasteiger partial charge in [-0.3, -0.25) is 0 Å². The van der Waals surface area contributed by atoms with Gasteiger partial charge in [-0.15, -0.1) is 0 Å². The van der Waals surface area contributed by atoms with Crippen LogP contribution in [0.15, 0.2) is 279 Å². The zero-order valence-corrected chi connectivity index (χ0v) is 40.0. The molecule has 1 unspecified atom stereocenters. The third-order valence-electron chi connectivity index (χ3n) is 15.8. The molecule has 1 aliphatic heterocycles. The summed E-state index contributed by atoms with van der Waals surface area (Å²) in [6, 6.07) is 103. The highest BCUT2D eigenvalue weighted by Crippen LogP contribution is 2.61. The predicted molar refractivity (Wildman–Crippen MR) is 306 cm³/mol. The first-order chi connectivity index (χ1) is 36.2. The molecule has 0 radical (unpaired) electrons. The van der Waals surface area contributed by atoms with E-state index in [1.165, 1.54) is 111 Å². The van der Waals surface area contributed by atoms with Crippen molar-refractivity contribution in [2.24, 2.45) is 0 Å². The molecule has 2 heterocycles. The summed E-state index contributed by atoms with van der Waals surface area (Å²) in [5, 5.41) is 4.94. The zero-order chi connectivity index (χ0) is 48.0. The molecule has 0 bridgehead atoms. The molecule has 12 aromatic carbocycles. The molecular formula is C71H46N2. The maximum atomic E-state index is 2.52. The lowest BCUT2D eigenvalue weighted by Crippen LogP contribution is -2.33. The smallest absolute Gasteiger partial charge is 0.0754 e. The van der Waals surface area contributed by atoms with Crippen molar-refractivity contribution in [1.82, 2.24) is 4.57 Å². The monoisotopic (exact) mass is 926 g/mol. The lowest BCUT2D eigenvalue weighted by molar-refractivity contribution is 0.749. The summed E-state index contributed by atoms with van der Waals surface area (Å²) in [5.41, 5.74) is 24.0. The molecule has 0 N–H and O–H groups in total. The number of anilines is 3. The largest absolute Gasteiger partial charge is 0.309 e. The van der Waals surface area contributed by atoms with Crippen molar-refractivity contribution < 1.29 is 0 Å². The average molecular weight is 927 g/mol. The summed E-state index contributed by atoms with van der Waals surface area (Å²) in [7, 11) is 0. The fourth-order valence-electron chi connectivity index (χ4n) is 12.7. The van der Waals surface area contributed by atoms with Crippen LogP contribution in [0.4, 0.5) is 17.1 Å². The molecule has 2 aliphatic rings. The normalized spacial score (nSPS) is 14.1. The number of benzene rings is 12. The topological polar surface area (TPSA) is 8.17 Å². The van der Waals surface area contributed by atoms with Crippen LogP contribution in [-0.2, 0) is 5.41 Å². The van der Waals surface area contributed by atoms with Crippen LogP contribution in [0.3, 0.4) is 0 Å². The average Bonchev–Trinajstić information content (AvgIpc) is 3.96. The summed E-state index contributed by atoms with van der Waals surface area (Å²) < 4.78 is 2.52. The molecule has 15 rings (SSSR count). The minimum absolute atomic E-state index is 0.508.